The van der Waals surface area contributed by atoms with E-state index < -0.39 is 11.9 Å². The fourth-order valence-corrected chi connectivity index (χ4v) is 3.91. The van der Waals surface area contributed by atoms with Crippen molar-refractivity contribution in [2.75, 3.05) is 5.32 Å². The van der Waals surface area contributed by atoms with Crippen LogP contribution in [0.3, 0.4) is 0 Å². The zero-order valence-electron chi connectivity index (χ0n) is 18.4. The van der Waals surface area contributed by atoms with Crippen molar-refractivity contribution < 1.29 is 19.4 Å². The summed E-state index contributed by atoms with van der Waals surface area (Å²) in [5.41, 5.74) is 1.93. The van der Waals surface area contributed by atoms with Crippen molar-refractivity contribution in [3.8, 4) is 11.8 Å². The largest absolute Gasteiger partial charge is 0.488 e. The number of nitriles is 1. The van der Waals surface area contributed by atoms with Gasteiger partial charge in [0.25, 0.3) is 5.91 Å². The van der Waals surface area contributed by atoms with Crippen LogP contribution < -0.4 is 10.1 Å². The van der Waals surface area contributed by atoms with Crippen LogP contribution in [0.15, 0.2) is 95.0 Å². The zero-order chi connectivity index (χ0) is 24.8. The summed E-state index contributed by atoms with van der Waals surface area (Å²) >= 11 is 3.43. The maximum absolute atomic E-state index is 12.7. The van der Waals surface area contributed by atoms with Crippen molar-refractivity contribution in [3.05, 3.63) is 112 Å². The third-order valence-corrected chi connectivity index (χ3v) is 5.78. The van der Waals surface area contributed by atoms with Crippen LogP contribution in [0.25, 0.3) is 16.8 Å². The van der Waals surface area contributed by atoms with E-state index >= 15 is 0 Å². The minimum Gasteiger partial charge on any atom is -0.488 e. The predicted molar refractivity (Wildman–Crippen MR) is 138 cm³/mol. The molecule has 4 aromatic rings. The summed E-state index contributed by atoms with van der Waals surface area (Å²) < 4.78 is 6.87. The van der Waals surface area contributed by atoms with Crippen LogP contribution in [0.2, 0.25) is 0 Å². The zero-order valence-corrected chi connectivity index (χ0v) is 20.0. The average Bonchev–Trinajstić information content (AvgIpc) is 2.87. The van der Waals surface area contributed by atoms with Crippen molar-refractivity contribution in [2.24, 2.45) is 0 Å². The van der Waals surface area contributed by atoms with E-state index in [0.717, 1.165) is 20.8 Å². The number of carboxylic acids is 1. The van der Waals surface area contributed by atoms with Crippen LogP contribution in [-0.2, 0) is 11.4 Å². The Kier molecular flexibility index (Phi) is 7.24. The monoisotopic (exact) mass is 526 g/mol. The Morgan fingerprint density at radius 1 is 1.00 bits per heavy atom. The minimum atomic E-state index is -1.06. The number of carbonyl (C=O) groups is 2. The lowest BCUT2D eigenvalue weighted by molar-refractivity contribution is -0.112. The number of anilines is 1. The highest BCUT2D eigenvalue weighted by Gasteiger charge is 2.13. The second kappa shape index (κ2) is 10.7. The smallest absolute Gasteiger partial charge is 0.335 e. The van der Waals surface area contributed by atoms with E-state index in [-0.39, 0.29) is 11.1 Å². The number of hydrogen-bond acceptors (Lipinski definition) is 4. The Bertz CT molecular complexity index is 1480. The number of carbonyl (C=O) groups excluding carboxylic acids is 1. The molecular weight excluding hydrogens is 508 g/mol. The number of nitrogens with one attached hydrogen (secondary N) is 1. The highest BCUT2D eigenvalue weighted by molar-refractivity contribution is 9.10. The minimum absolute atomic E-state index is 0.0983. The first-order valence-electron chi connectivity index (χ1n) is 10.6. The molecule has 0 saturated carbocycles. The molecule has 0 fully saturated rings. The number of rotatable bonds is 7. The van der Waals surface area contributed by atoms with E-state index in [9.17, 15) is 14.9 Å². The molecule has 35 heavy (non-hydrogen) atoms. The normalized spacial score (nSPS) is 11.0. The first kappa shape index (κ1) is 23.7. The summed E-state index contributed by atoms with van der Waals surface area (Å²) in [5, 5.41) is 23.5. The number of aromatic carboxylic acids is 1. The van der Waals surface area contributed by atoms with E-state index in [2.05, 4.69) is 21.2 Å². The third kappa shape index (κ3) is 5.75. The molecule has 0 unspecified atom stereocenters. The number of amides is 1. The van der Waals surface area contributed by atoms with Gasteiger partial charge < -0.3 is 15.2 Å². The molecule has 0 spiro atoms. The molecule has 7 heteroatoms. The second-order valence-electron chi connectivity index (χ2n) is 7.62. The highest BCUT2D eigenvalue weighted by atomic mass is 79.9. The Balaban J connectivity index is 1.57. The molecule has 0 aliphatic rings. The number of fused-ring (bicyclic) bond motifs is 1. The molecule has 172 valence electrons. The summed E-state index contributed by atoms with van der Waals surface area (Å²) in [6.07, 6.45) is 1.46. The van der Waals surface area contributed by atoms with Crippen molar-refractivity contribution in [1.29, 1.82) is 5.26 Å². The molecular formula is C28H19BrN2O4. The van der Waals surface area contributed by atoms with Gasteiger partial charge in [-0.05, 0) is 64.9 Å². The molecule has 0 heterocycles. The lowest BCUT2D eigenvalue weighted by atomic mass is 10.1. The van der Waals surface area contributed by atoms with Crippen LogP contribution in [0.1, 0.15) is 21.5 Å². The summed E-state index contributed by atoms with van der Waals surface area (Å²) in [6.45, 7) is 0.313. The van der Waals surface area contributed by atoms with Crippen LogP contribution in [0.4, 0.5) is 5.69 Å². The van der Waals surface area contributed by atoms with Gasteiger partial charge in [0.1, 0.15) is 24.0 Å². The van der Waals surface area contributed by atoms with Gasteiger partial charge in [0.2, 0.25) is 0 Å². The molecule has 0 aliphatic heterocycles. The molecule has 1 amide bonds. The number of hydrogen-bond donors (Lipinski definition) is 2. The van der Waals surface area contributed by atoms with Gasteiger partial charge in [0.15, 0.2) is 0 Å². The number of nitrogens with zero attached hydrogens (tertiary/aromatic N) is 1. The molecule has 2 N–H and O–H groups in total. The van der Waals surface area contributed by atoms with Crippen LogP contribution in [0.5, 0.6) is 5.75 Å². The van der Waals surface area contributed by atoms with Crippen LogP contribution in [0, 0.1) is 11.3 Å². The highest BCUT2D eigenvalue weighted by Crippen LogP contribution is 2.28. The first-order valence-corrected chi connectivity index (χ1v) is 11.4. The van der Waals surface area contributed by atoms with Gasteiger partial charge in [-0.3, -0.25) is 4.79 Å². The Morgan fingerprint density at radius 2 is 1.74 bits per heavy atom. The van der Waals surface area contributed by atoms with Crippen molar-refractivity contribution in [3.63, 3.8) is 0 Å². The number of carboxylic acid groups (broad SMARTS) is 1. The molecule has 0 saturated heterocycles. The van der Waals surface area contributed by atoms with E-state index in [4.69, 9.17) is 9.84 Å². The van der Waals surface area contributed by atoms with Gasteiger partial charge in [-0.15, -0.1) is 0 Å². The molecule has 6 nitrogen and oxygen atoms in total. The van der Waals surface area contributed by atoms with Gasteiger partial charge in [0, 0.05) is 15.7 Å². The number of benzene rings is 4. The van der Waals surface area contributed by atoms with Crippen molar-refractivity contribution in [2.45, 2.75) is 6.61 Å². The lowest BCUT2D eigenvalue weighted by Crippen LogP contribution is -2.13. The fraction of sp³-hybridized carbons (Fsp3) is 0.0357. The summed E-state index contributed by atoms with van der Waals surface area (Å²) in [5.74, 6) is -1.16. The average molecular weight is 527 g/mol. The second-order valence-corrected chi connectivity index (χ2v) is 8.53. The van der Waals surface area contributed by atoms with Crippen molar-refractivity contribution >= 4 is 50.3 Å². The molecule has 0 bridgehead atoms. The molecule has 4 rings (SSSR count). The maximum atomic E-state index is 12.7. The molecule has 0 aliphatic carbocycles. The summed E-state index contributed by atoms with van der Waals surface area (Å²) in [4.78, 5) is 23.7. The van der Waals surface area contributed by atoms with E-state index in [0.29, 0.717) is 23.6 Å². The SMILES string of the molecule is N#C/C(=C\c1cc(Br)ccc1OCc1cccc2ccccc12)C(=O)Nc1ccc(C(=O)O)cc1. The topological polar surface area (TPSA) is 99.4 Å². The van der Waals surface area contributed by atoms with Gasteiger partial charge >= 0.3 is 5.97 Å². The Hall–Kier alpha value is -4.41. The molecule has 0 aromatic heterocycles. The standard InChI is InChI=1S/C28H19BrN2O4/c29-23-10-13-26(35-17-20-6-3-5-18-4-1-2-7-25(18)20)21(15-23)14-22(16-30)27(32)31-24-11-8-19(9-12-24)28(33)34/h1-15H,17H2,(H,31,32)(H,33,34)/b22-14+. The predicted octanol–water partition coefficient (Wildman–Crippen LogP) is 6.43. The molecule has 0 atom stereocenters. The van der Waals surface area contributed by atoms with Gasteiger partial charge in [-0.25, -0.2) is 4.79 Å². The number of halogens is 1. The van der Waals surface area contributed by atoms with Crippen molar-refractivity contribution in [1.82, 2.24) is 0 Å². The van der Waals surface area contributed by atoms with Gasteiger partial charge in [0.05, 0.1) is 5.56 Å². The van der Waals surface area contributed by atoms with E-state index in [1.54, 1.807) is 12.1 Å². The fourth-order valence-electron chi connectivity index (χ4n) is 3.54. The van der Waals surface area contributed by atoms with Crippen LogP contribution in [-0.4, -0.2) is 17.0 Å². The van der Waals surface area contributed by atoms with Crippen LogP contribution >= 0.6 is 15.9 Å². The Morgan fingerprint density at radius 3 is 2.49 bits per heavy atom. The lowest BCUT2D eigenvalue weighted by Gasteiger charge is -2.12. The quantitative estimate of drug-likeness (QED) is 0.213. The maximum Gasteiger partial charge on any atom is 0.335 e. The van der Waals surface area contributed by atoms with E-state index in [1.807, 2.05) is 54.6 Å². The van der Waals surface area contributed by atoms with E-state index in [1.165, 1.54) is 30.3 Å². The summed E-state index contributed by atoms with van der Waals surface area (Å²) in [7, 11) is 0. The molecule has 0 radical (unpaired) electrons. The first-order chi connectivity index (χ1) is 16.9. The van der Waals surface area contributed by atoms with Gasteiger partial charge in [-0.1, -0.05) is 58.4 Å². The Labute approximate surface area is 210 Å². The molecule has 4 aromatic carbocycles. The van der Waals surface area contributed by atoms with Gasteiger partial charge in [-0.2, -0.15) is 5.26 Å². The third-order valence-electron chi connectivity index (χ3n) is 5.29. The summed E-state index contributed by atoms with van der Waals surface area (Å²) in [6, 6.07) is 27.0. The number of ether oxygens (including phenoxy) is 1.